The number of carbonyl (C=O) groups is 1. The Hall–Kier alpha value is -0.670. The second kappa shape index (κ2) is 14.4. The van der Waals surface area contributed by atoms with Crippen LogP contribution in [0.15, 0.2) is 30.3 Å². The standard InChI is InChI=1S/C23H40NO.BrH/c1-5-6-7-8-9-10-11-12-13-17-20-24(3,4)21(2)23(25)22-18-15-14-16-19-22;/h14-16,18-19,21H,5-13,17,20H2,1-4H3;1H/q+1;/p-1/t21-;/m1./s1. The van der Waals surface area contributed by atoms with E-state index in [0.29, 0.717) is 0 Å². The van der Waals surface area contributed by atoms with Gasteiger partial charge in [0.25, 0.3) is 0 Å². The number of rotatable bonds is 14. The summed E-state index contributed by atoms with van der Waals surface area (Å²) >= 11 is 0. The molecule has 0 aliphatic heterocycles. The molecule has 0 unspecified atom stereocenters. The van der Waals surface area contributed by atoms with Crippen molar-refractivity contribution in [3.05, 3.63) is 35.9 Å². The van der Waals surface area contributed by atoms with Crippen LogP contribution in [0.4, 0.5) is 0 Å². The lowest BCUT2D eigenvalue weighted by Crippen LogP contribution is -3.00. The molecule has 2 nitrogen and oxygen atoms in total. The van der Waals surface area contributed by atoms with Crippen LogP contribution in [0.25, 0.3) is 0 Å². The predicted octanol–water partition coefficient (Wildman–Crippen LogP) is 3.26. The first kappa shape index (κ1) is 25.3. The number of hydrogen-bond donors (Lipinski definition) is 0. The average molecular weight is 426 g/mol. The van der Waals surface area contributed by atoms with Crippen LogP contribution in [0, 0.1) is 0 Å². The molecule has 26 heavy (non-hydrogen) atoms. The van der Waals surface area contributed by atoms with Crippen LogP contribution < -0.4 is 17.0 Å². The van der Waals surface area contributed by atoms with E-state index in [0.717, 1.165) is 16.6 Å². The number of benzene rings is 1. The number of unbranched alkanes of at least 4 members (excludes halogenated alkanes) is 9. The number of quaternary nitrogens is 1. The molecule has 0 bridgehead atoms. The number of halogens is 1. The first-order valence-electron chi connectivity index (χ1n) is 10.4. The Labute approximate surface area is 172 Å². The number of hydrogen-bond acceptors (Lipinski definition) is 1. The highest BCUT2D eigenvalue weighted by Gasteiger charge is 2.30. The molecule has 0 saturated carbocycles. The summed E-state index contributed by atoms with van der Waals surface area (Å²) in [6, 6.07) is 9.73. The molecule has 0 amide bonds. The minimum absolute atomic E-state index is 0. The summed E-state index contributed by atoms with van der Waals surface area (Å²) in [6.45, 7) is 5.43. The van der Waals surface area contributed by atoms with E-state index in [9.17, 15) is 4.79 Å². The first-order chi connectivity index (χ1) is 12.0. The van der Waals surface area contributed by atoms with E-state index in [1.54, 1.807) is 0 Å². The lowest BCUT2D eigenvalue weighted by molar-refractivity contribution is -0.903. The van der Waals surface area contributed by atoms with Crippen molar-refractivity contribution >= 4 is 5.78 Å². The minimum atomic E-state index is 0. The molecule has 0 saturated heterocycles. The zero-order valence-electron chi connectivity index (χ0n) is 17.5. The molecule has 0 aromatic heterocycles. The Kier molecular flexibility index (Phi) is 14.0. The highest BCUT2D eigenvalue weighted by atomic mass is 79.9. The Bertz CT molecular complexity index is 472. The van der Waals surface area contributed by atoms with Gasteiger partial charge in [0.05, 0.1) is 20.6 Å². The molecule has 0 heterocycles. The number of ketones is 1. The van der Waals surface area contributed by atoms with Crippen molar-refractivity contribution in [2.75, 3.05) is 20.6 Å². The molecular formula is C23H40BrNO. The van der Waals surface area contributed by atoms with Crippen LogP contribution in [0.3, 0.4) is 0 Å². The maximum atomic E-state index is 12.7. The fourth-order valence-electron chi connectivity index (χ4n) is 3.36. The zero-order chi connectivity index (χ0) is 18.5. The summed E-state index contributed by atoms with van der Waals surface area (Å²) in [5.41, 5.74) is 0.837. The van der Waals surface area contributed by atoms with Crippen LogP contribution in [0.2, 0.25) is 0 Å². The lowest BCUT2D eigenvalue weighted by atomic mass is 10.0. The van der Waals surface area contributed by atoms with Crippen LogP contribution in [0.1, 0.15) is 88.4 Å². The maximum Gasteiger partial charge on any atom is 0.219 e. The molecule has 0 N–H and O–H groups in total. The molecule has 1 rings (SSSR count). The number of carbonyl (C=O) groups excluding carboxylic acids is 1. The fraction of sp³-hybridized carbons (Fsp3) is 0.696. The number of nitrogens with zero attached hydrogens (tertiary/aromatic N) is 1. The van der Waals surface area contributed by atoms with Crippen LogP contribution in [-0.4, -0.2) is 36.9 Å². The molecular weight excluding hydrogens is 386 g/mol. The summed E-state index contributed by atoms with van der Waals surface area (Å²) in [4.78, 5) is 12.7. The molecule has 150 valence electrons. The van der Waals surface area contributed by atoms with Gasteiger partial charge < -0.3 is 21.5 Å². The quantitative estimate of drug-likeness (QED) is 0.254. The van der Waals surface area contributed by atoms with Crippen molar-refractivity contribution in [1.82, 2.24) is 0 Å². The molecule has 1 atom stereocenters. The SMILES string of the molecule is CCCCCCCCCCCC[N+](C)(C)[C@H](C)C(=O)c1ccccc1.[Br-]. The van der Waals surface area contributed by atoms with Crippen molar-refractivity contribution in [2.45, 2.75) is 84.1 Å². The van der Waals surface area contributed by atoms with Crippen molar-refractivity contribution in [3.8, 4) is 0 Å². The third-order valence-electron chi connectivity index (χ3n) is 5.57. The van der Waals surface area contributed by atoms with E-state index < -0.39 is 0 Å². The van der Waals surface area contributed by atoms with E-state index >= 15 is 0 Å². The Balaban J connectivity index is 0.00000625. The summed E-state index contributed by atoms with van der Waals surface area (Å²) in [5, 5.41) is 0. The molecule has 3 heteroatoms. The predicted molar refractivity (Wildman–Crippen MR) is 109 cm³/mol. The first-order valence-corrected chi connectivity index (χ1v) is 10.4. The summed E-state index contributed by atoms with van der Waals surface area (Å²) < 4.78 is 0.782. The molecule has 1 aromatic carbocycles. The van der Waals surface area contributed by atoms with E-state index in [4.69, 9.17) is 0 Å². The van der Waals surface area contributed by atoms with Gasteiger partial charge >= 0.3 is 0 Å². The molecule has 0 spiro atoms. The van der Waals surface area contributed by atoms with Gasteiger partial charge in [-0.05, 0) is 19.8 Å². The van der Waals surface area contributed by atoms with Gasteiger partial charge in [0.15, 0.2) is 0 Å². The van der Waals surface area contributed by atoms with Gasteiger partial charge in [0.1, 0.15) is 6.04 Å². The second-order valence-electron chi connectivity index (χ2n) is 8.09. The van der Waals surface area contributed by atoms with E-state index in [1.165, 1.54) is 64.2 Å². The average Bonchev–Trinajstić information content (AvgIpc) is 2.62. The number of likely N-dealkylation sites (N-methyl/N-ethyl adjacent to an activating group) is 1. The Morgan fingerprint density at radius 1 is 0.846 bits per heavy atom. The number of Topliss-reactive ketones (excluding diaryl/α,β-unsaturated/α-hetero) is 1. The van der Waals surface area contributed by atoms with Gasteiger partial charge in [-0.25, -0.2) is 0 Å². The smallest absolute Gasteiger partial charge is 0.219 e. The van der Waals surface area contributed by atoms with Crippen LogP contribution in [0.5, 0.6) is 0 Å². The molecule has 0 aliphatic rings. The Morgan fingerprint density at radius 3 is 1.81 bits per heavy atom. The van der Waals surface area contributed by atoms with Crippen LogP contribution in [-0.2, 0) is 0 Å². The van der Waals surface area contributed by atoms with E-state index in [2.05, 4.69) is 27.9 Å². The molecule has 0 aliphatic carbocycles. The summed E-state index contributed by atoms with van der Waals surface area (Å²) in [5.74, 6) is 0.262. The van der Waals surface area contributed by atoms with Crippen molar-refractivity contribution in [2.24, 2.45) is 0 Å². The molecule has 0 radical (unpaired) electrons. The van der Waals surface area contributed by atoms with Gasteiger partial charge in [-0.15, -0.1) is 0 Å². The molecule has 1 aromatic rings. The van der Waals surface area contributed by atoms with Gasteiger partial charge in [0, 0.05) is 5.56 Å². The van der Waals surface area contributed by atoms with Gasteiger partial charge in [-0.1, -0.05) is 88.6 Å². The maximum absolute atomic E-state index is 12.7. The highest BCUT2D eigenvalue weighted by molar-refractivity contribution is 5.99. The topological polar surface area (TPSA) is 17.1 Å². The van der Waals surface area contributed by atoms with E-state index in [1.807, 2.05) is 30.3 Å². The van der Waals surface area contributed by atoms with Crippen molar-refractivity contribution in [3.63, 3.8) is 0 Å². The van der Waals surface area contributed by atoms with E-state index in [-0.39, 0.29) is 28.8 Å². The monoisotopic (exact) mass is 425 g/mol. The highest BCUT2D eigenvalue weighted by Crippen LogP contribution is 2.16. The fourth-order valence-corrected chi connectivity index (χ4v) is 3.36. The largest absolute Gasteiger partial charge is 1.00 e. The van der Waals surface area contributed by atoms with Crippen molar-refractivity contribution in [1.29, 1.82) is 0 Å². The third-order valence-corrected chi connectivity index (χ3v) is 5.57. The van der Waals surface area contributed by atoms with Gasteiger partial charge in [-0.3, -0.25) is 4.79 Å². The molecule has 0 fully saturated rings. The Morgan fingerprint density at radius 2 is 1.31 bits per heavy atom. The third kappa shape index (κ3) is 9.87. The van der Waals surface area contributed by atoms with Gasteiger partial charge in [-0.2, -0.15) is 0 Å². The van der Waals surface area contributed by atoms with Crippen molar-refractivity contribution < 1.29 is 26.3 Å². The van der Waals surface area contributed by atoms with Crippen LogP contribution >= 0.6 is 0 Å². The summed E-state index contributed by atoms with van der Waals surface area (Å²) in [7, 11) is 4.39. The summed E-state index contributed by atoms with van der Waals surface area (Å²) in [6.07, 6.45) is 13.6. The van der Waals surface area contributed by atoms with Gasteiger partial charge in [0.2, 0.25) is 5.78 Å². The lowest BCUT2D eigenvalue weighted by Gasteiger charge is -2.35. The zero-order valence-corrected chi connectivity index (χ0v) is 19.1. The second-order valence-corrected chi connectivity index (χ2v) is 8.09. The normalized spacial score (nSPS) is 12.5. The minimum Gasteiger partial charge on any atom is -1.00 e.